The van der Waals surface area contributed by atoms with Gasteiger partial charge in [0.15, 0.2) is 5.84 Å². The van der Waals surface area contributed by atoms with E-state index < -0.39 is 63.0 Å². The van der Waals surface area contributed by atoms with Crippen LogP contribution in [0.15, 0.2) is 65.3 Å². The van der Waals surface area contributed by atoms with Crippen molar-refractivity contribution in [1.82, 2.24) is 10.2 Å². The van der Waals surface area contributed by atoms with Gasteiger partial charge in [0.2, 0.25) is 0 Å². The van der Waals surface area contributed by atoms with Crippen LogP contribution in [-0.4, -0.2) is 26.1 Å². The minimum absolute atomic E-state index is 0.0395. The van der Waals surface area contributed by atoms with Crippen molar-refractivity contribution in [3.05, 3.63) is 99.8 Å². The van der Waals surface area contributed by atoms with Crippen LogP contribution in [0.25, 0.3) is 11.0 Å². The Hall–Kier alpha value is -5.10. The van der Waals surface area contributed by atoms with Gasteiger partial charge in [-0.15, -0.1) is 0 Å². The standard InChI is InChI=1S/C29H25F6N5O6S/c1-3-15-8-17(11-22-14(2)13-45-24(15)22)23(26(41)40-47(37,43)44)38-21-6-4-16(5-7-21)25(36)39-46-27(42)18-9-19(28(30,31)32)12-20(10-18)29(33,34)35/h4-13,23,38H,3H2,1-2H3,(H2,36,39)(H,40,41)(H2,37,43,44). The maximum absolute atomic E-state index is 13.1. The molecular weight excluding hydrogens is 660 g/mol. The summed E-state index contributed by atoms with van der Waals surface area (Å²) >= 11 is 0. The Morgan fingerprint density at radius 3 is 2.09 bits per heavy atom. The van der Waals surface area contributed by atoms with Crippen molar-refractivity contribution in [2.24, 2.45) is 5.14 Å². The molecule has 0 bridgehead atoms. The number of halogens is 6. The number of carbonyl (C=O) groups is 2. The molecule has 0 spiro atoms. The summed E-state index contributed by atoms with van der Waals surface area (Å²) in [6.45, 7) is 3.65. The fraction of sp³-hybridized carbons (Fsp3) is 0.207. The number of hydroxylamine groups is 1. The van der Waals surface area contributed by atoms with Crippen molar-refractivity contribution < 1.29 is 53.6 Å². The number of hydrogen-bond donors (Lipinski definition) is 5. The summed E-state index contributed by atoms with van der Waals surface area (Å²) in [5.41, 5.74) is 0.133. The number of fused-ring (bicyclic) bond motifs is 1. The SMILES string of the molecule is CCc1cc(C(Nc2ccc(C(=N)NOC(=O)c3cc(C(F)(F)F)cc(C(F)(F)F)c3)cc2)C(=O)NS(N)(=O)=O)cc2c(C)coc12. The van der Waals surface area contributed by atoms with Crippen molar-refractivity contribution in [3.63, 3.8) is 0 Å². The van der Waals surface area contributed by atoms with Gasteiger partial charge in [0.25, 0.3) is 16.1 Å². The molecule has 4 aromatic rings. The highest BCUT2D eigenvalue weighted by Crippen LogP contribution is 2.36. The van der Waals surface area contributed by atoms with Gasteiger partial charge in [-0.2, -0.15) is 40.2 Å². The van der Waals surface area contributed by atoms with Crippen LogP contribution in [0.5, 0.6) is 0 Å². The van der Waals surface area contributed by atoms with Crippen LogP contribution in [0.3, 0.4) is 0 Å². The first kappa shape index (κ1) is 34.8. The van der Waals surface area contributed by atoms with E-state index in [0.717, 1.165) is 11.1 Å². The second kappa shape index (κ2) is 13.0. The second-order valence-electron chi connectivity index (χ2n) is 10.2. The molecule has 4 rings (SSSR count). The lowest BCUT2D eigenvalue weighted by molar-refractivity contribution is -0.143. The Balaban J connectivity index is 1.53. The summed E-state index contributed by atoms with van der Waals surface area (Å²) in [6.07, 6.45) is -8.31. The fourth-order valence-corrected chi connectivity index (χ4v) is 4.87. The van der Waals surface area contributed by atoms with Crippen LogP contribution >= 0.6 is 0 Å². The van der Waals surface area contributed by atoms with Crippen LogP contribution in [0.1, 0.15) is 56.7 Å². The lowest BCUT2D eigenvalue weighted by Gasteiger charge is -2.20. The van der Waals surface area contributed by atoms with Gasteiger partial charge in [0.05, 0.1) is 23.0 Å². The normalized spacial score (nSPS) is 12.8. The molecular formula is C29H25F6N5O6S. The predicted octanol–water partition coefficient (Wildman–Crippen LogP) is 5.50. The van der Waals surface area contributed by atoms with Gasteiger partial charge in [-0.05, 0) is 84.6 Å². The van der Waals surface area contributed by atoms with E-state index in [0.29, 0.717) is 23.0 Å². The third-order valence-electron chi connectivity index (χ3n) is 6.74. The molecule has 0 radical (unpaired) electrons. The van der Waals surface area contributed by atoms with Crippen molar-refractivity contribution in [3.8, 4) is 0 Å². The minimum atomic E-state index is -5.19. The van der Waals surface area contributed by atoms with Crippen LogP contribution in [0.2, 0.25) is 0 Å². The van der Waals surface area contributed by atoms with Crippen LogP contribution in [0.4, 0.5) is 32.0 Å². The number of hydrogen-bond acceptors (Lipinski definition) is 8. The van der Waals surface area contributed by atoms with Crippen molar-refractivity contribution in [2.45, 2.75) is 38.7 Å². The number of nitrogens with two attached hydrogens (primary N) is 1. The highest BCUT2D eigenvalue weighted by Gasteiger charge is 2.38. The number of rotatable bonds is 8. The van der Waals surface area contributed by atoms with Gasteiger partial charge >= 0.3 is 18.3 Å². The van der Waals surface area contributed by atoms with Gasteiger partial charge in [0.1, 0.15) is 11.6 Å². The number of anilines is 1. The highest BCUT2D eigenvalue weighted by molar-refractivity contribution is 7.87. The van der Waals surface area contributed by atoms with E-state index in [1.54, 1.807) is 30.0 Å². The maximum Gasteiger partial charge on any atom is 0.416 e. The zero-order chi connectivity index (χ0) is 34.9. The summed E-state index contributed by atoms with van der Waals surface area (Å²) in [4.78, 5) is 29.9. The number of benzene rings is 3. The van der Waals surface area contributed by atoms with Crippen molar-refractivity contribution in [1.29, 1.82) is 5.41 Å². The Labute approximate surface area is 262 Å². The number of amides is 1. The van der Waals surface area contributed by atoms with E-state index in [1.807, 2.05) is 12.4 Å². The smallest absolute Gasteiger partial charge is 0.416 e. The molecule has 1 heterocycles. The van der Waals surface area contributed by atoms with E-state index in [-0.39, 0.29) is 29.4 Å². The van der Waals surface area contributed by atoms with Crippen LogP contribution in [0, 0.1) is 12.3 Å². The third-order valence-corrected chi connectivity index (χ3v) is 7.23. The molecule has 3 aromatic carbocycles. The lowest BCUT2D eigenvalue weighted by atomic mass is 9.98. The fourth-order valence-electron chi connectivity index (χ4n) is 4.47. The lowest BCUT2D eigenvalue weighted by Crippen LogP contribution is -2.41. The summed E-state index contributed by atoms with van der Waals surface area (Å²) in [5, 5.41) is 16.7. The first-order valence-electron chi connectivity index (χ1n) is 13.3. The van der Waals surface area contributed by atoms with E-state index >= 15 is 0 Å². The molecule has 0 aliphatic rings. The number of furan rings is 1. The molecule has 0 aliphatic heterocycles. The number of amidine groups is 1. The Bertz CT molecular complexity index is 1920. The Morgan fingerprint density at radius 1 is 0.957 bits per heavy atom. The predicted molar refractivity (Wildman–Crippen MR) is 156 cm³/mol. The molecule has 0 fully saturated rings. The molecule has 0 aliphatic carbocycles. The highest BCUT2D eigenvalue weighted by atomic mass is 32.2. The topological polar surface area (TPSA) is 177 Å². The second-order valence-corrected chi connectivity index (χ2v) is 11.5. The zero-order valence-corrected chi connectivity index (χ0v) is 25.1. The van der Waals surface area contributed by atoms with Crippen molar-refractivity contribution in [2.75, 3.05) is 5.32 Å². The number of nitrogens with one attached hydrogen (secondary N) is 4. The summed E-state index contributed by atoms with van der Waals surface area (Å²) in [5.74, 6) is -3.24. The molecule has 250 valence electrons. The Kier molecular flexibility index (Phi) is 9.58. The summed E-state index contributed by atoms with van der Waals surface area (Å²) < 4.78 is 109. The first-order valence-corrected chi connectivity index (χ1v) is 14.9. The molecule has 1 unspecified atom stereocenters. The average Bonchev–Trinajstić information content (AvgIpc) is 3.36. The van der Waals surface area contributed by atoms with Gasteiger partial charge in [-0.1, -0.05) is 6.92 Å². The minimum Gasteiger partial charge on any atom is -0.464 e. The molecule has 11 nitrogen and oxygen atoms in total. The largest absolute Gasteiger partial charge is 0.464 e. The monoisotopic (exact) mass is 685 g/mol. The molecule has 47 heavy (non-hydrogen) atoms. The van der Waals surface area contributed by atoms with E-state index in [4.69, 9.17) is 15.0 Å². The van der Waals surface area contributed by atoms with Gasteiger partial charge in [-0.25, -0.2) is 14.7 Å². The van der Waals surface area contributed by atoms with Gasteiger partial charge in [0, 0.05) is 16.6 Å². The zero-order valence-electron chi connectivity index (χ0n) is 24.3. The molecule has 0 saturated carbocycles. The summed E-state index contributed by atoms with van der Waals surface area (Å²) in [7, 11) is -4.44. The van der Waals surface area contributed by atoms with Crippen molar-refractivity contribution >= 4 is 44.6 Å². The van der Waals surface area contributed by atoms with E-state index in [1.165, 1.54) is 24.3 Å². The van der Waals surface area contributed by atoms with Gasteiger partial charge in [-0.3, -0.25) is 10.2 Å². The van der Waals surface area contributed by atoms with Gasteiger partial charge < -0.3 is 14.6 Å². The van der Waals surface area contributed by atoms with E-state index in [2.05, 4.69) is 10.2 Å². The molecule has 1 aromatic heterocycles. The molecule has 1 atom stereocenters. The number of aryl methyl sites for hydroxylation is 2. The third kappa shape index (κ3) is 8.39. The maximum atomic E-state index is 13.1. The van der Waals surface area contributed by atoms with E-state index in [9.17, 15) is 44.3 Å². The molecule has 18 heteroatoms. The molecule has 6 N–H and O–H groups in total. The number of carbonyl (C=O) groups excluding carboxylic acids is 2. The molecule has 0 saturated heterocycles. The first-order chi connectivity index (χ1) is 21.8. The molecule has 1 amide bonds. The van der Waals surface area contributed by atoms with Crippen LogP contribution in [-0.2, 0) is 38.6 Å². The Morgan fingerprint density at radius 2 is 1.55 bits per heavy atom. The number of alkyl halides is 6. The summed E-state index contributed by atoms with van der Waals surface area (Å²) in [6, 6.07) is 7.57. The van der Waals surface area contributed by atoms with Crippen LogP contribution < -0.4 is 20.7 Å². The average molecular weight is 686 g/mol. The quantitative estimate of drug-likeness (QED) is 0.0699.